The van der Waals surface area contributed by atoms with E-state index in [1.807, 2.05) is 24.1 Å². The fourth-order valence-corrected chi connectivity index (χ4v) is 4.03. The van der Waals surface area contributed by atoms with Crippen LogP contribution in [0, 0.1) is 0 Å². The number of benzene rings is 1. The molecule has 1 aliphatic heterocycles. The second-order valence-electron chi connectivity index (χ2n) is 6.34. The van der Waals surface area contributed by atoms with Gasteiger partial charge in [0.2, 0.25) is 5.91 Å². The summed E-state index contributed by atoms with van der Waals surface area (Å²) in [6.07, 6.45) is 3.33. The Kier molecular flexibility index (Phi) is 3.27. The van der Waals surface area contributed by atoms with Gasteiger partial charge in [-0.25, -0.2) is 4.79 Å². The fourth-order valence-electron chi connectivity index (χ4n) is 4.03. The molecule has 1 heterocycles. The molecule has 0 radical (unpaired) electrons. The topological polar surface area (TPSA) is 46.6 Å². The van der Waals surface area contributed by atoms with E-state index in [1.54, 1.807) is 0 Å². The van der Waals surface area contributed by atoms with Gasteiger partial charge in [0.05, 0.1) is 12.7 Å². The SMILES string of the molecule is COC(=O)c1ccc2c(c1)CC[C@H]1N(C)C(=O)CC[C@]21C. The van der Waals surface area contributed by atoms with Crippen molar-refractivity contribution < 1.29 is 14.3 Å². The van der Waals surface area contributed by atoms with Crippen molar-refractivity contribution in [3.05, 3.63) is 34.9 Å². The minimum Gasteiger partial charge on any atom is -0.465 e. The maximum Gasteiger partial charge on any atom is 0.337 e. The Hall–Kier alpha value is -1.84. The quantitative estimate of drug-likeness (QED) is 0.745. The van der Waals surface area contributed by atoms with E-state index in [9.17, 15) is 9.59 Å². The first-order valence-electron chi connectivity index (χ1n) is 7.45. The fraction of sp³-hybridized carbons (Fsp3) is 0.529. The van der Waals surface area contributed by atoms with Crippen LogP contribution in [0.5, 0.6) is 0 Å². The van der Waals surface area contributed by atoms with E-state index in [4.69, 9.17) is 4.74 Å². The molecule has 1 aliphatic carbocycles. The number of piperidine rings is 1. The average Bonchev–Trinajstić information content (AvgIpc) is 2.50. The van der Waals surface area contributed by atoms with Gasteiger partial charge < -0.3 is 9.64 Å². The maximum atomic E-state index is 12.0. The third kappa shape index (κ3) is 2.04. The summed E-state index contributed by atoms with van der Waals surface area (Å²) in [4.78, 5) is 25.5. The summed E-state index contributed by atoms with van der Waals surface area (Å²) in [5.41, 5.74) is 3.11. The molecule has 1 amide bonds. The first kappa shape index (κ1) is 14.1. The molecule has 1 aromatic carbocycles. The maximum absolute atomic E-state index is 12.0. The number of likely N-dealkylation sites (tertiary alicyclic amines) is 1. The molecule has 1 aromatic rings. The van der Waals surface area contributed by atoms with E-state index in [-0.39, 0.29) is 23.3 Å². The Morgan fingerprint density at radius 3 is 2.86 bits per heavy atom. The van der Waals surface area contributed by atoms with Gasteiger partial charge in [-0.1, -0.05) is 13.0 Å². The molecule has 0 aromatic heterocycles. The number of hydrogen-bond acceptors (Lipinski definition) is 3. The van der Waals surface area contributed by atoms with Crippen molar-refractivity contribution in [2.75, 3.05) is 14.2 Å². The Balaban J connectivity index is 2.03. The molecule has 0 unspecified atom stereocenters. The van der Waals surface area contributed by atoms with Gasteiger partial charge in [-0.2, -0.15) is 0 Å². The van der Waals surface area contributed by atoms with Gasteiger partial charge in [-0.15, -0.1) is 0 Å². The monoisotopic (exact) mass is 287 g/mol. The van der Waals surface area contributed by atoms with Crippen molar-refractivity contribution in [3.63, 3.8) is 0 Å². The predicted octanol–water partition coefficient (Wildman–Crippen LogP) is 2.30. The highest BCUT2D eigenvalue weighted by Crippen LogP contribution is 2.45. The van der Waals surface area contributed by atoms with E-state index in [0.29, 0.717) is 12.0 Å². The summed E-state index contributed by atoms with van der Waals surface area (Å²) in [5.74, 6) is -0.0480. The molecule has 21 heavy (non-hydrogen) atoms. The normalized spacial score (nSPS) is 27.9. The molecule has 4 heteroatoms. The second kappa shape index (κ2) is 4.86. The highest BCUT2D eigenvalue weighted by Gasteiger charge is 2.46. The highest BCUT2D eigenvalue weighted by atomic mass is 16.5. The van der Waals surface area contributed by atoms with Crippen LogP contribution in [-0.2, 0) is 21.4 Å². The summed E-state index contributed by atoms with van der Waals surface area (Å²) in [7, 11) is 3.32. The Morgan fingerprint density at radius 2 is 2.14 bits per heavy atom. The van der Waals surface area contributed by atoms with Gasteiger partial charge in [0.25, 0.3) is 0 Å². The molecule has 3 rings (SSSR count). The number of rotatable bonds is 1. The lowest BCUT2D eigenvalue weighted by atomic mass is 9.63. The average molecular weight is 287 g/mol. The molecular weight excluding hydrogens is 266 g/mol. The molecular formula is C17H21NO3. The number of hydrogen-bond donors (Lipinski definition) is 0. The Bertz CT molecular complexity index is 610. The number of fused-ring (bicyclic) bond motifs is 3. The molecule has 1 saturated heterocycles. The first-order valence-corrected chi connectivity index (χ1v) is 7.45. The molecule has 0 spiro atoms. The van der Waals surface area contributed by atoms with Crippen molar-refractivity contribution in [2.45, 2.75) is 44.1 Å². The van der Waals surface area contributed by atoms with E-state index >= 15 is 0 Å². The van der Waals surface area contributed by atoms with Crippen molar-refractivity contribution in [1.29, 1.82) is 0 Å². The van der Waals surface area contributed by atoms with Gasteiger partial charge in [0, 0.05) is 24.9 Å². The summed E-state index contributed by atoms with van der Waals surface area (Å²) < 4.78 is 4.80. The van der Waals surface area contributed by atoms with Crippen LogP contribution in [-0.4, -0.2) is 37.0 Å². The number of amides is 1. The van der Waals surface area contributed by atoms with E-state index in [2.05, 4.69) is 13.0 Å². The number of esters is 1. The van der Waals surface area contributed by atoms with Crippen LogP contribution in [0.15, 0.2) is 18.2 Å². The molecule has 4 nitrogen and oxygen atoms in total. The smallest absolute Gasteiger partial charge is 0.337 e. The van der Waals surface area contributed by atoms with Gasteiger partial charge in [0.1, 0.15) is 0 Å². The van der Waals surface area contributed by atoms with Crippen LogP contribution < -0.4 is 0 Å². The van der Waals surface area contributed by atoms with Crippen LogP contribution in [0.3, 0.4) is 0 Å². The number of aryl methyl sites for hydroxylation is 1. The van der Waals surface area contributed by atoms with Crippen molar-refractivity contribution >= 4 is 11.9 Å². The molecule has 2 aliphatic rings. The van der Waals surface area contributed by atoms with E-state index in [0.717, 1.165) is 19.3 Å². The molecule has 0 bridgehead atoms. The number of methoxy groups -OCH3 is 1. The summed E-state index contributed by atoms with van der Waals surface area (Å²) in [5, 5.41) is 0. The lowest BCUT2D eigenvalue weighted by molar-refractivity contribution is -0.138. The molecule has 2 atom stereocenters. The predicted molar refractivity (Wildman–Crippen MR) is 79.2 cm³/mol. The van der Waals surface area contributed by atoms with Gasteiger partial charge in [-0.05, 0) is 42.5 Å². The van der Waals surface area contributed by atoms with Crippen LogP contribution in [0.2, 0.25) is 0 Å². The standard InChI is InChI=1S/C17H21NO3/c1-17-9-8-15(19)18(2)14(17)7-5-11-10-12(16(20)21-3)4-6-13(11)17/h4,6,10,14H,5,7-9H2,1-3H3/t14-,17-/m1/s1. The van der Waals surface area contributed by atoms with Crippen LogP contribution in [0.4, 0.5) is 0 Å². The summed E-state index contributed by atoms with van der Waals surface area (Å²) in [6, 6.07) is 6.11. The zero-order valence-electron chi connectivity index (χ0n) is 12.8. The second-order valence-corrected chi connectivity index (χ2v) is 6.34. The van der Waals surface area contributed by atoms with Gasteiger partial charge >= 0.3 is 5.97 Å². The third-order valence-corrected chi connectivity index (χ3v) is 5.28. The first-order chi connectivity index (χ1) is 9.97. The van der Waals surface area contributed by atoms with Crippen molar-refractivity contribution in [3.8, 4) is 0 Å². The lowest BCUT2D eigenvalue weighted by Gasteiger charge is -2.50. The summed E-state index contributed by atoms with van der Waals surface area (Å²) in [6.45, 7) is 2.25. The Morgan fingerprint density at radius 1 is 1.38 bits per heavy atom. The molecule has 112 valence electrons. The van der Waals surface area contributed by atoms with Gasteiger partial charge in [0.15, 0.2) is 0 Å². The van der Waals surface area contributed by atoms with Crippen molar-refractivity contribution in [2.24, 2.45) is 0 Å². The summed E-state index contributed by atoms with van der Waals surface area (Å²) >= 11 is 0. The minimum absolute atomic E-state index is 0.00903. The highest BCUT2D eigenvalue weighted by molar-refractivity contribution is 5.89. The van der Waals surface area contributed by atoms with Crippen LogP contribution >= 0.6 is 0 Å². The van der Waals surface area contributed by atoms with Crippen molar-refractivity contribution in [1.82, 2.24) is 4.90 Å². The number of carbonyl (C=O) groups excluding carboxylic acids is 2. The molecule has 0 saturated carbocycles. The lowest BCUT2D eigenvalue weighted by Crippen LogP contribution is -2.56. The Labute approximate surface area is 125 Å². The molecule has 1 fully saturated rings. The zero-order chi connectivity index (χ0) is 15.2. The largest absolute Gasteiger partial charge is 0.465 e. The zero-order valence-corrected chi connectivity index (χ0v) is 12.8. The van der Waals surface area contributed by atoms with E-state index in [1.165, 1.54) is 18.2 Å². The minimum atomic E-state index is -0.291. The van der Waals surface area contributed by atoms with E-state index < -0.39 is 0 Å². The van der Waals surface area contributed by atoms with Crippen LogP contribution in [0.1, 0.15) is 47.7 Å². The number of likely N-dealkylation sites (N-methyl/N-ethyl adjacent to an activating group) is 1. The third-order valence-electron chi connectivity index (χ3n) is 5.28. The number of carbonyl (C=O) groups is 2. The number of ether oxygens (including phenoxy) is 1. The number of nitrogens with zero attached hydrogens (tertiary/aromatic N) is 1. The van der Waals surface area contributed by atoms with Crippen LogP contribution in [0.25, 0.3) is 0 Å². The van der Waals surface area contributed by atoms with Gasteiger partial charge in [-0.3, -0.25) is 4.79 Å². The molecule has 0 N–H and O–H groups in total.